The number of rotatable bonds is 5. The average Bonchev–Trinajstić information content (AvgIpc) is 2.64. The van der Waals surface area contributed by atoms with Crippen LogP contribution in [0.25, 0.3) is 0 Å². The van der Waals surface area contributed by atoms with Crippen molar-refractivity contribution in [1.82, 2.24) is 9.97 Å². The fraction of sp³-hybridized carbons (Fsp3) is 0.182. The highest BCUT2D eigenvalue weighted by Crippen LogP contribution is 2.19. The van der Waals surface area contributed by atoms with Crippen molar-refractivity contribution in [3.05, 3.63) is 71.0 Å². The Hall–Kier alpha value is -3.74. The number of aryl methyl sites for hydroxylation is 3. The van der Waals surface area contributed by atoms with Gasteiger partial charge in [-0.3, -0.25) is 9.59 Å². The van der Waals surface area contributed by atoms with Crippen molar-refractivity contribution in [3.8, 4) is 0 Å². The first-order valence-corrected chi connectivity index (χ1v) is 9.19. The van der Waals surface area contributed by atoms with E-state index in [-0.39, 0.29) is 17.5 Å². The standard InChI is InChI=1S/C22H23N5O2/c1-13-8-9-19(10-14(13)2)26-22-23-15(3)11-20(27-22)21(29)25-18-7-5-6-17(12-18)24-16(4)28/h5-12H,1-4H3,(H,24,28)(H,25,29)(H,23,26,27). The van der Waals surface area contributed by atoms with Crippen molar-refractivity contribution in [2.75, 3.05) is 16.0 Å². The van der Waals surface area contributed by atoms with Gasteiger partial charge in [-0.1, -0.05) is 12.1 Å². The summed E-state index contributed by atoms with van der Waals surface area (Å²) in [6.07, 6.45) is 0. The number of carbonyl (C=O) groups is 2. The van der Waals surface area contributed by atoms with E-state index in [0.717, 1.165) is 11.3 Å². The van der Waals surface area contributed by atoms with Crippen LogP contribution in [0.1, 0.15) is 34.2 Å². The van der Waals surface area contributed by atoms with Gasteiger partial charge in [0, 0.05) is 29.7 Å². The number of aromatic nitrogens is 2. The molecule has 0 atom stereocenters. The van der Waals surface area contributed by atoms with Gasteiger partial charge in [0.25, 0.3) is 5.91 Å². The quantitative estimate of drug-likeness (QED) is 0.603. The van der Waals surface area contributed by atoms with E-state index in [0.29, 0.717) is 23.0 Å². The summed E-state index contributed by atoms with van der Waals surface area (Å²) in [5.74, 6) is -0.189. The fourth-order valence-electron chi connectivity index (χ4n) is 2.76. The first-order valence-electron chi connectivity index (χ1n) is 9.19. The van der Waals surface area contributed by atoms with Crippen molar-refractivity contribution < 1.29 is 9.59 Å². The topological polar surface area (TPSA) is 96.0 Å². The van der Waals surface area contributed by atoms with Gasteiger partial charge in [0.2, 0.25) is 11.9 Å². The molecule has 0 spiro atoms. The van der Waals surface area contributed by atoms with Crippen molar-refractivity contribution in [2.24, 2.45) is 0 Å². The first kappa shape index (κ1) is 20.0. The number of anilines is 4. The molecule has 0 saturated carbocycles. The van der Waals surface area contributed by atoms with E-state index in [2.05, 4.69) is 25.9 Å². The Kier molecular flexibility index (Phi) is 5.87. The van der Waals surface area contributed by atoms with E-state index >= 15 is 0 Å². The molecule has 0 bridgehead atoms. The summed E-state index contributed by atoms with van der Waals surface area (Å²) in [7, 11) is 0. The van der Waals surface area contributed by atoms with Crippen LogP contribution in [0.3, 0.4) is 0 Å². The second-order valence-corrected chi connectivity index (χ2v) is 6.86. The molecule has 0 unspecified atom stereocenters. The van der Waals surface area contributed by atoms with Crippen LogP contribution in [0.2, 0.25) is 0 Å². The molecule has 0 saturated heterocycles. The number of amides is 2. The molecule has 2 aromatic carbocycles. The third kappa shape index (κ3) is 5.38. The Balaban J connectivity index is 1.79. The zero-order valence-corrected chi connectivity index (χ0v) is 16.8. The predicted octanol–water partition coefficient (Wildman–Crippen LogP) is 4.36. The Bertz CT molecular complexity index is 1080. The van der Waals surface area contributed by atoms with Crippen LogP contribution in [0.15, 0.2) is 48.5 Å². The summed E-state index contributed by atoms with van der Waals surface area (Å²) in [4.78, 5) is 32.6. The Morgan fingerprint density at radius 3 is 2.21 bits per heavy atom. The Morgan fingerprint density at radius 2 is 1.52 bits per heavy atom. The van der Waals surface area contributed by atoms with Gasteiger partial charge in [-0.05, 0) is 68.3 Å². The van der Waals surface area contributed by atoms with E-state index in [4.69, 9.17) is 0 Å². The normalized spacial score (nSPS) is 10.3. The Morgan fingerprint density at radius 1 is 0.793 bits per heavy atom. The summed E-state index contributed by atoms with van der Waals surface area (Å²) in [5.41, 5.74) is 5.28. The molecule has 3 rings (SSSR count). The zero-order chi connectivity index (χ0) is 21.0. The van der Waals surface area contributed by atoms with E-state index in [1.54, 1.807) is 37.3 Å². The van der Waals surface area contributed by atoms with Gasteiger partial charge in [-0.2, -0.15) is 0 Å². The third-order valence-corrected chi connectivity index (χ3v) is 4.29. The van der Waals surface area contributed by atoms with Gasteiger partial charge in [0.15, 0.2) is 0 Å². The SMILES string of the molecule is CC(=O)Nc1cccc(NC(=O)c2cc(C)nc(Nc3ccc(C)c(C)c3)n2)c1. The number of hydrogen-bond donors (Lipinski definition) is 3. The molecule has 0 aliphatic carbocycles. The van der Waals surface area contributed by atoms with Gasteiger partial charge < -0.3 is 16.0 Å². The minimum Gasteiger partial charge on any atom is -0.326 e. The summed E-state index contributed by atoms with van der Waals surface area (Å²) in [6.45, 7) is 7.32. The van der Waals surface area contributed by atoms with Crippen LogP contribution in [-0.4, -0.2) is 21.8 Å². The number of nitrogens with one attached hydrogen (secondary N) is 3. The molecule has 3 N–H and O–H groups in total. The van der Waals surface area contributed by atoms with Crippen molar-refractivity contribution in [1.29, 1.82) is 0 Å². The summed E-state index contributed by atoms with van der Waals surface area (Å²) < 4.78 is 0. The van der Waals surface area contributed by atoms with Crippen LogP contribution < -0.4 is 16.0 Å². The lowest BCUT2D eigenvalue weighted by Crippen LogP contribution is -2.16. The molecule has 0 aliphatic rings. The lowest BCUT2D eigenvalue weighted by Gasteiger charge is -2.11. The lowest BCUT2D eigenvalue weighted by molar-refractivity contribution is -0.114. The molecule has 7 nitrogen and oxygen atoms in total. The molecule has 0 radical (unpaired) electrons. The van der Waals surface area contributed by atoms with Crippen molar-refractivity contribution in [3.63, 3.8) is 0 Å². The van der Waals surface area contributed by atoms with E-state index in [1.807, 2.05) is 32.0 Å². The summed E-state index contributed by atoms with van der Waals surface area (Å²) in [5, 5.41) is 8.64. The molecule has 1 aromatic heterocycles. The van der Waals surface area contributed by atoms with Crippen molar-refractivity contribution in [2.45, 2.75) is 27.7 Å². The lowest BCUT2D eigenvalue weighted by atomic mass is 10.1. The molecule has 0 aliphatic heterocycles. The number of hydrogen-bond acceptors (Lipinski definition) is 5. The number of benzene rings is 2. The zero-order valence-electron chi connectivity index (χ0n) is 16.8. The van der Waals surface area contributed by atoms with Crippen LogP contribution in [0, 0.1) is 20.8 Å². The van der Waals surface area contributed by atoms with Crippen molar-refractivity contribution >= 4 is 34.8 Å². The summed E-state index contributed by atoms with van der Waals surface area (Å²) >= 11 is 0. The van der Waals surface area contributed by atoms with E-state index in [9.17, 15) is 9.59 Å². The molecule has 29 heavy (non-hydrogen) atoms. The maximum absolute atomic E-state index is 12.7. The average molecular weight is 389 g/mol. The molecule has 7 heteroatoms. The van der Waals surface area contributed by atoms with Gasteiger partial charge in [-0.15, -0.1) is 0 Å². The number of nitrogens with zero attached hydrogens (tertiary/aromatic N) is 2. The van der Waals surface area contributed by atoms with Gasteiger partial charge in [0.05, 0.1) is 0 Å². The first-order chi connectivity index (χ1) is 13.8. The van der Waals surface area contributed by atoms with E-state index < -0.39 is 0 Å². The molecule has 0 fully saturated rings. The smallest absolute Gasteiger partial charge is 0.274 e. The second kappa shape index (κ2) is 8.52. The van der Waals surface area contributed by atoms with Gasteiger partial charge >= 0.3 is 0 Å². The maximum atomic E-state index is 12.7. The third-order valence-electron chi connectivity index (χ3n) is 4.29. The minimum absolute atomic E-state index is 0.179. The highest BCUT2D eigenvalue weighted by molar-refractivity contribution is 6.03. The highest BCUT2D eigenvalue weighted by atomic mass is 16.2. The minimum atomic E-state index is -0.362. The van der Waals surface area contributed by atoms with Crippen LogP contribution >= 0.6 is 0 Å². The summed E-state index contributed by atoms with van der Waals surface area (Å²) in [6, 6.07) is 14.5. The molecular weight excluding hydrogens is 366 g/mol. The second-order valence-electron chi connectivity index (χ2n) is 6.86. The fourth-order valence-corrected chi connectivity index (χ4v) is 2.76. The molecule has 148 valence electrons. The molecule has 1 heterocycles. The molecular formula is C22H23N5O2. The van der Waals surface area contributed by atoms with Crippen LogP contribution in [0.4, 0.5) is 23.0 Å². The number of carbonyl (C=O) groups excluding carboxylic acids is 2. The molecule has 2 amide bonds. The van der Waals surface area contributed by atoms with Gasteiger partial charge in [-0.25, -0.2) is 9.97 Å². The van der Waals surface area contributed by atoms with Crippen LogP contribution in [-0.2, 0) is 4.79 Å². The predicted molar refractivity (Wildman–Crippen MR) is 115 cm³/mol. The van der Waals surface area contributed by atoms with Crippen LogP contribution in [0.5, 0.6) is 0 Å². The van der Waals surface area contributed by atoms with Gasteiger partial charge in [0.1, 0.15) is 5.69 Å². The van der Waals surface area contributed by atoms with E-state index in [1.165, 1.54) is 12.5 Å². The largest absolute Gasteiger partial charge is 0.326 e. The molecule has 3 aromatic rings. The monoisotopic (exact) mass is 389 g/mol. The highest BCUT2D eigenvalue weighted by Gasteiger charge is 2.12. The maximum Gasteiger partial charge on any atom is 0.274 e. The Labute approximate surface area is 169 Å².